The number of aryl methyl sites for hydroxylation is 2. The van der Waals surface area contributed by atoms with E-state index in [4.69, 9.17) is 9.47 Å². The number of methoxy groups -OCH3 is 1. The summed E-state index contributed by atoms with van der Waals surface area (Å²) in [6, 6.07) is 11.8. The van der Waals surface area contributed by atoms with Crippen LogP contribution in [0.5, 0.6) is 5.75 Å². The molecule has 2 aromatic rings. The molecule has 0 aromatic heterocycles. The minimum atomic E-state index is 0.685. The Morgan fingerprint density at radius 1 is 1.10 bits per heavy atom. The lowest BCUT2D eigenvalue weighted by molar-refractivity contribution is 0.172. The highest BCUT2D eigenvalue weighted by atomic mass is 16.5. The minimum absolute atomic E-state index is 0.685. The lowest BCUT2D eigenvalue weighted by atomic mass is 9.92. The van der Waals surface area contributed by atoms with Gasteiger partial charge in [0.2, 0.25) is 0 Å². The fourth-order valence-electron chi connectivity index (χ4n) is 4.64. The molecule has 30 heavy (non-hydrogen) atoms. The molecule has 1 heterocycles. The van der Waals surface area contributed by atoms with Crippen LogP contribution in [0.25, 0.3) is 10.8 Å². The van der Waals surface area contributed by atoms with Gasteiger partial charge in [0.05, 0.1) is 6.61 Å². The van der Waals surface area contributed by atoms with Crippen molar-refractivity contribution in [3.63, 3.8) is 0 Å². The summed E-state index contributed by atoms with van der Waals surface area (Å²) in [7, 11) is 4.03. The van der Waals surface area contributed by atoms with Crippen molar-refractivity contribution in [2.24, 2.45) is 0 Å². The zero-order valence-electron chi connectivity index (χ0n) is 19.2. The third-order valence-corrected chi connectivity index (χ3v) is 6.31. The van der Waals surface area contributed by atoms with Crippen molar-refractivity contribution in [2.75, 3.05) is 47.0 Å². The summed E-state index contributed by atoms with van der Waals surface area (Å²) >= 11 is 0. The van der Waals surface area contributed by atoms with E-state index in [1.54, 1.807) is 7.11 Å². The topological polar surface area (TPSA) is 33.7 Å². The van der Waals surface area contributed by atoms with Gasteiger partial charge in [-0.05, 0) is 74.8 Å². The Hall–Kier alpha value is -1.62. The highest BCUT2D eigenvalue weighted by Crippen LogP contribution is 2.33. The number of rotatable bonds is 12. The molecule has 166 valence electrons. The third-order valence-electron chi connectivity index (χ3n) is 6.31. The maximum absolute atomic E-state index is 6.22. The Balaban J connectivity index is 1.74. The number of nitrogens with zero attached hydrogens (tertiary/aromatic N) is 1. The molecule has 3 rings (SSSR count). The van der Waals surface area contributed by atoms with Crippen LogP contribution in [0.3, 0.4) is 0 Å². The number of hydrogen-bond donors (Lipinski definition) is 1. The first-order chi connectivity index (χ1) is 14.7. The van der Waals surface area contributed by atoms with E-state index in [0.717, 1.165) is 44.7 Å². The lowest BCUT2D eigenvalue weighted by Crippen LogP contribution is -2.44. The summed E-state index contributed by atoms with van der Waals surface area (Å²) in [5.41, 5.74) is 2.98. The van der Waals surface area contributed by atoms with Crippen molar-refractivity contribution in [1.82, 2.24) is 10.2 Å². The predicted octanol–water partition coefficient (Wildman–Crippen LogP) is 4.82. The number of fused-ring (bicyclic) bond motifs is 1. The van der Waals surface area contributed by atoms with Gasteiger partial charge in [0, 0.05) is 38.1 Å². The average molecular weight is 413 g/mol. The average Bonchev–Trinajstić information content (AvgIpc) is 2.79. The summed E-state index contributed by atoms with van der Waals surface area (Å²) in [4.78, 5) is 2.55. The van der Waals surface area contributed by atoms with Gasteiger partial charge in [-0.15, -0.1) is 0 Å². The Morgan fingerprint density at radius 3 is 2.67 bits per heavy atom. The van der Waals surface area contributed by atoms with Crippen molar-refractivity contribution in [3.8, 4) is 5.75 Å². The van der Waals surface area contributed by atoms with Gasteiger partial charge in [0.25, 0.3) is 0 Å². The molecular formula is C26H40N2O2. The first kappa shape index (κ1) is 23.1. The molecule has 0 unspecified atom stereocenters. The summed E-state index contributed by atoms with van der Waals surface area (Å²) in [6.45, 7) is 7.16. The van der Waals surface area contributed by atoms with Crippen LogP contribution in [0.2, 0.25) is 0 Å². The number of ether oxygens (including phenoxy) is 2. The quantitative estimate of drug-likeness (QED) is 0.507. The zero-order valence-corrected chi connectivity index (χ0v) is 19.2. The first-order valence-corrected chi connectivity index (χ1v) is 11.8. The maximum Gasteiger partial charge on any atom is 0.127 e. The van der Waals surface area contributed by atoms with Crippen LogP contribution in [0.15, 0.2) is 30.3 Å². The largest absolute Gasteiger partial charge is 0.493 e. The van der Waals surface area contributed by atoms with E-state index in [2.05, 4.69) is 54.5 Å². The van der Waals surface area contributed by atoms with Gasteiger partial charge in [-0.25, -0.2) is 0 Å². The van der Waals surface area contributed by atoms with Gasteiger partial charge in [-0.2, -0.15) is 0 Å². The SMILES string of the molecule is CCCc1c(CCCN(C)[C@@H]2CCCNC2)cc(OCCCOC)c2ccccc12. The van der Waals surface area contributed by atoms with Crippen LogP contribution < -0.4 is 10.1 Å². The van der Waals surface area contributed by atoms with Crippen LogP contribution in [-0.4, -0.2) is 57.9 Å². The van der Waals surface area contributed by atoms with Crippen LogP contribution >= 0.6 is 0 Å². The van der Waals surface area contributed by atoms with E-state index < -0.39 is 0 Å². The lowest BCUT2D eigenvalue weighted by Gasteiger charge is -2.31. The zero-order chi connectivity index (χ0) is 21.2. The van der Waals surface area contributed by atoms with Crippen LogP contribution in [0.1, 0.15) is 50.2 Å². The van der Waals surface area contributed by atoms with E-state index in [1.165, 1.54) is 54.1 Å². The van der Waals surface area contributed by atoms with E-state index in [1.807, 2.05) is 0 Å². The standard InChI is InChI=1S/C26H40N2O2/c1-4-10-23-21(11-8-16-28(2)22-12-7-15-27-20-22)19-26(30-18-9-17-29-3)25-14-6-5-13-24(23)25/h5-6,13-14,19,22,27H,4,7-12,15-18,20H2,1-3H3/t22-/m1/s1. The predicted molar refractivity (Wildman–Crippen MR) is 127 cm³/mol. The Morgan fingerprint density at radius 2 is 1.93 bits per heavy atom. The summed E-state index contributed by atoms with van der Waals surface area (Å²) in [5.74, 6) is 1.03. The molecule has 1 atom stereocenters. The van der Waals surface area contributed by atoms with Gasteiger partial charge >= 0.3 is 0 Å². The van der Waals surface area contributed by atoms with E-state index in [0.29, 0.717) is 12.6 Å². The second-order valence-corrected chi connectivity index (χ2v) is 8.59. The molecule has 2 aromatic carbocycles. The van der Waals surface area contributed by atoms with Crippen LogP contribution in [0.4, 0.5) is 0 Å². The molecule has 0 aliphatic carbocycles. The fraction of sp³-hybridized carbons (Fsp3) is 0.615. The number of benzene rings is 2. The number of piperidine rings is 1. The molecule has 0 saturated carbocycles. The highest BCUT2D eigenvalue weighted by Gasteiger charge is 2.18. The molecule has 4 nitrogen and oxygen atoms in total. The molecule has 1 aliphatic rings. The molecular weight excluding hydrogens is 372 g/mol. The van der Waals surface area contributed by atoms with Crippen molar-refractivity contribution < 1.29 is 9.47 Å². The highest BCUT2D eigenvalue weighted by molar-refractivity contribution is 5.92. The second-order valence-electron chi connectivity index (χ2n) is 8.59. The van der Waals surface area contributed by atoms with Crippen molar-refractivity contribution >= 4 is 10.8 Å². The van der Waals surface area contributed by atoms with Crippen molar-refractivity contribution in [1.29, 1.82) is 0 Å². The maximum atomic E-state index is 6.22. The smallest absolute Gasteiger partial charge is 0.127 e. The van der Waals surface area contributed by atoms with Gasteiger partial charge in [-0.3, -0.25) is 0 Å². The molecule has 0 amide bonds. The number of nitrogens with one attached hydrogen (secondary N) is 1. The normalized spacial score (nSPS) is 17.0. The monoisotopic (exact) mass is 412 g/mol. The van der Waals surface area contributed by atoms with Gasteiger partial charge in [0.1, 0.15) is 5.75 Å². The Bertz CT molecular complexity index is 771. The van der Waals surface area contributed by atoms with Gasteiger partial charge in [0.15, 0.2) is 0 Å². The molecule has 0 radical (unpaired) electrons. The Labute approximate surface area is 182 Å². The number of likely N-dealkylation sites (N-methyl/N-ethyl adjacent to an activating group) is 1. The minimum Gasteiger partial charge on any atom is -0.493 e. The Kier molecular flexibility index (Phi) is 9.44. The molecule has 0 spiro atoms. The van der Waals surface area contributed by atoms with Crippen LogP contribution in [-0.2, 0) is 17.6 Å². The van der Waals surface area contributed by atoms with E-state index in [-0.39, 0.29) is 0 Å². The fourth-order valence-corrected chi connectivity index (χ4v) is 4.64. The third kappa shape index (κ3) is 6.19. The molecule has 0 bridgehead atoms. The molecule has 1 aliphatic heterocycles. The molecule has 4 heteroatoms. The summed E-state index contributed by atoms with van der Waals surface area (Å²) < 4.78 is 11.4. The van der Waals surface area contributed by atoms with Crippen molar-refractivity contribution in [2.45, 2.75) is 57.9 Å². The number of hydrogen-bond acceptors (Lipinski definition) is 4. The van der Waals surface area contributed by atoms with E-state index >= 15 is 0 Å². The molecule has 1 fully saturated rings. The summed E-state index contributed by atoms with van der Waals surface area (Å²) in [5, 5.41) is 6.15. The molecule has 1 N–H and O–H groups in total. The second kappa shape index (κ2) is 12.3. The summed E-state index contributed by atoms with van der Waals surface area (Å²) in [6.07, 6.45) is 8.12. The first-order valence-electron chi connectivity index (χ1n) is 11.8. The van der Waals surface area contributed by atoms with Crippen LogP contribution in [0, 0.1) is 0 Å². The molecule has 1 saturated heterocycles. The van der Waals surface area contributed by atoms with Gasteiger partial charge < -0.3 is 19.7 Å². The van der Waals surface area contributed by atoms with Gasteiger partial charge in [-0.1, -0.05) is 37.6 Å². The van der Waals surface area contributed by atoms with E-state index in [9.17, 15) is 0 Å². The van der Waals surface area contributed by atoms with Crippen molar-refractivity contribution in [3.05, 3.63) is 41.5 Å².